The highest BCUT2D eigenvalue weighted by molar-refractivity contribution is 7.89. The second-order valence-electron chi connectivity index (χ2n) is 6.33. The van der Waals surface area contributed by atoms with E-state index in [1.807, 2.05) is 4.90 Å². The van der Waals surface area contributed by atoms with Crippen molar-refractivity contribution in [1.29, 1.82) is 0 Å². The lowest BCUT2D eigenvalue weighted by molar-refractivity contribution is -0.137. The summed E-state index contributed by atoms with van der Waals surface area (Å²) in [6.07, 6.45) is 0.994. The Morgan fingerprint density at radius 3 is 2.40 bits per heavy atom. The highest BCUT2D eigenvalue weighted by Gasteiger charge is 2.34. The van der Waals surface area contributed by atoms with Gasteiger partial charge in [-0.05, 0) is 31.0 Å². The summed E-state index contributed by atoms with van der Waals surface area (Å²) in [5, 5.41) is 2.99. The Balaban J connectivity index is 1.64. The Morgan fingerprint density at radius 1 is 1.16 bits per heavy atom. The summed E-state index contributed by atoms with van der Waals surface area (Å²) in [7, 11) is -3.73. The number of rotatable bonds is 3. The lowest BCUT2D eigenvalue weighted by Gasteiger charge is -2.35. The summed E-state index contributed by atoms with van der Waals surface area (Å²) in [5.41, 5.74) is 0. The first kappa shape index (κ1) is 18.6. The van der Waals surface area contributed by atoms with E-state index in [-0.39, 0.29) is 34.8 Å². The smallest absolute Gasteiger partial charge is 0.243 e. The van der Waals surface area contributed by atoms with Crippen molar-refractivity contribution in [3.8, 4) is 0 Å². The molecule has 0 aromatic heterocycles. The normalized spacial score (nSPS) is 20.6. The molecule has 138 valence electrons. The van der Waals surface area contributed by atoms with Crippen LogP contribution in [0.5, 0.6) is 0 Å². The number of nitrogens with one attached hydrogen (secondary N) is 1. The van der Waals surface area contributed by atoms with Crippen LogP contribution in [0, 0.1) is 11.7 Å². The number of hydrogen-bond donors (Lipinski definition) is 1. The van der Waals surface area contributed by atoms with Gasteiger partial charge in [0.15, 0.2) is 0 Å². The molecule has 2 heterocycles. The summed E-state index contributed by atoms with van der Waals surface area (Å²) in [6, 6.07) is 3.40. The molecule has 1 aromatic carbocycles. The monoisotopic (exact) mass is 389 g/mol. The van der Waals surface area contributed by atoms with E-state index < -0.39 is 15.8 Å². The quantitative estimate of drug-likeness (QED) is 0.846. The Bertz CT molecular complexity index is 745. The highest BCUT2D eigenvalue weighted by atomic mass is 35.5. The van der Waals surface area contributed by atoms with Crippen molar-refractivity contribution in [1.82, 2.24) is 14.5 Å². The minimum atomic E-state index is -3.73. The Hall–Kier alpha value is -1.22. The molecule has 0 aliphatic carbocycles. The second-order valence-corrected chi connectivity index (χ2v) is 8.67. The van der Waals surface area contributed by atoms with E-state index in [0.29, 0.717) is 25.9 Å². The van der Waals surface area contributed by atoms with Crippen LogP contribution < -0.4 is 5.32 Å². The maximum atomic E-state index is 13.3. The van der Waals surface area contributed by atoms with Crippen LogP contribution in [0.2, 0.25) is 5.02 Å². The van der Waals surface area contributed by atoms with Gasteiger partial charge in [0.25, 0.3) is 0 Å². The molecule has 0 radical (unpaired) electrons. The Labute approximate surface area is 152 Å². The van der Waals surface area contributed by atoms with Crippen LogP contribution in [0.15, 0.2) is 23.1 Å². The highest BCUT2D eigenvalue weighted by Crippen LogP contribution is 2.27. The zero-order valence-corrected chi connectivity index (χ0v) is 15.3. The number of benzene rings is 1. The van der Waals surface area contributed by atoms with Gasteiger partial charge < -0.3 is 10.2 Å². The number of carbonyl (C=O) groups is 1. The van der Waals surface area contributed by atoms with Crippen LogP contribution in [-0.2, 0) is 14.8 Å². The Kier molecular flexibility index (Phi) is 5.62. The molecule has 25 heavy (non-hydrogen) atoms. The number of nitrogens with zero attached hydrogens (tertiary/aromatic N) is 2. The first-order chi connectivity index (χ1) is 11.9. The van der Waals surface area contributed by atoms with Crippen molar-refractivity contribution in [2.24, 2.45) is 5.92 Å². The summed E-state index contributed by atoms with van der Waals surface area (Å²) >= 11 is 5.70. The molecule has 2 saturated heterocycles. The van der Waals surface area contributed by atoms with E-state index in [2.05, 4.69) is 5.32 Å². The van der Waals surface area contributed by atoms with Gasteiger partial charge in [0, 0.05) is 45.2 Å². The predicted molar refractivity (Wildman–Crippen MR) is 92.3 cm³/mol. The fourth-order valence-corrected chi connectivity index (χ4v) is 5.01. The zero-order valence-electron chi connectivity index (χ0n) is 13.7. The van der Waals surface area contributed by atoms with Crippen LogP contribution in [0.3, 0.4) is 0 Å². The second kappa shape index (κ2) is 7.57. The molecular formula is C16H21ClFN3O3S. The molecule has 0 bridgehead atoms. The van der Waals surface area contributed by atoms with E-state index in [1.54, 1.807) is 0 Å². The standard InChI is InChI=1S/C16H21ClFN3O3S/c17-14-11-13(1-2-15(14)18)25(23,24)21-7-3-12(4-8-21)16(22)20-9-5-19-6-10-20/h1-2,11-12,19H,3-10H2. The number of carbonyl (C=O) groups excluding carboxylic acids is 1. The van der Waals surface area contributed by atoms with Gasteiger partial charge in [0.2, 0.25) is 15.9 Å². The van der Waals surface area contributed by atoms with Gasteiger partial charge >= 0.3 is 0 Å². The third-order valence-corrected chi connectivity index (χ3v) is 6.94. The Morgan fingerprint density at radius 2 is 1.80 bits per heavy atom. The van der Waals surface area contributed by atoms with E-state index in [4.69, 9.17) is 11.6 Å². The summed E-state index contributed by atoms with van der Waals surface area (Å²) < 4.78 is 39.9. The van der Waals surface area contributed by atoms with Crippen LogP contribution >= 0.6 is 11.6 Å². The molecule has 1 amide bonds. The van der Waals surface area contributed by atoms with Crippen molar-refractivity contribution in [3.05, 3.63) is 29.0 Å². The van der Waals surface area contributed by atoms with Crippen LogP contribution in [0.4, 0.5) is 4.39 Å². The molecule has 0 spiro atoms. The predicted octanol–water partition coefficient (Wildman–Crippen LogP) is 1.31. The molecule has 6 nitrogen and oxygen atoms in total. The van der Waals surface area contributed by atoms with Crippen LogP contribution in [0.25, 0.3) is 0 Å². The van der Waals surface area contributed by atoms with Gasteiger partial charge in [-0.2, -0.15) is 4.31 Å². The van der Waals surface area contributed by atoms with E-state index in [1.165, 1.54) is 10.4 Å². The number of halogens is 2. The number of amides is 1. The zero-order chi connectivity index (χ0) is 18.0. The van der Waals surface area contributed by atoms with Crippen molar-refractivity contribution in [2.45, 2.75) is 17.7 Å². The van der Waals surface area contributed by atoms with Crippen molar-refractivity contribution in [2.75, 3.05) is 39.3 Å². The first-order valence-electron chi connectivity index (χ1n) is 8.34. The molecule has 3 rings (SSSR count). The van der Waals surface area contributed by atoms with Gasteiger partial charge in [0.05, 0.1) is 9.92 Å². The van der Waals surface area contributed by atoms with Crippen molar-refractivity contribution in [3.63, 3.8) is 0 Å². The summed E-state index contributed by atoms with van der Waals surface area (Å²) in [5.74, 6) is -0.675. The average Bonchev–Trinajstić information content (AvgIpc) is 2.64. The van der Waals surface area contributed by atoms with Gasteiger partial charge in [-0.3, -0.25) is 4.79 Å². The van der Waals surface area contributed by atoms with Gasteiger partial charge in [-0.25, -0.2) is 12.8 Å². The van der Waals surface area contributed by atoms with Crippen LogP contribution in [-0.4, -0.2) is 62.8 Å². The minimum Gasteiger partial charge on any atom is -0.340 e. The molecule has 1 N–H and O–H groups in total. The van der Waals surface area contributed by atoms with E-state index >= 15 is 0 Å². The average molecular weight is 390 g/mol. The molecule has 2 fully saturated rings. The maximum Gasteiger partial charge on any atom is 0.243 e. The minimum absolute atomic E-state index is 0.0224. The van der Waals surface area contributed by atoms with E-state index in [0.717, 1.165) is 25.2 Å². The number of piperazine rings is 1. The lowest BCUT2D eigenvalue weighted by atomic mass is 9.96. The van der Waals surface area contributed by atoms with E-state index in [9.17, 15) is 17.6 Å². The topological polar surface area (TPSA) is 69.7 Å². The SMILES string of the molecule is O=C(C1CCN(S(=O)(=O)c2ccc(F)c(Cl)c2)CC1)N1CCNCC1. The largest absolute Gasteiger partial charge is 0.340 e. The maximum absolute atomic E-state index is 13.3. The van der Waals surface area contributed by atoms with Crippen LogP contribution in [0.1, 0.15) is 12.8 Å². The fourth-order valence-electron chi connectivity index (χ4n) is 3.27. The molecule has 0 unspecified atom stereocenters. The third kappa shape index (κ3) is 3.97. The lowest BCUT2D eigenvalue weighted by Crippen LogP contribution is -2.50. The summed E-state index contributed by atoms with van der Waals surface area (Å²) in [6.45, 7) is 3.55. The van der Waals surface area contributed by atoms with Gasteiger partial charge in [-0.1, -0.05) is 11.6 Å². The molecule has 2 aliphatic rings. The van der Waals surface area contributed by atoms with Crippen molar-refractivity contribution < 1.29 is 17.6 Å². The number of hydrogen-bond acceptors (Lipinski definition) is 4. The molecule has 0 atom stereocenters. The number of sulfonamides is 1. The number of piperidine rings is 1. The summed E-state index contributed by atoms with van der Waals surface area (Å²) in [4.78, 5) is 14.4. The first-order valence-corrected chi connectivity index (χ1v) is 10.2. The molecule has 0 saturated carbocycles. The molecule has 1 aromatic rings. The fraction of sp³-hybridized carbons (Fsp3) is 0.562. The molecule has 2 aliphatic heterocycles. The molecule has 9 heteroatoms. The molecular weight excluding hydrogens is 369 g/mol. The van der Waals surface area contributed by atoms with Gasteiger partial charge in [0.1, 0.15) is 5.82 Å². The third-order valence-electron chi connectivity index (χ3n) is 4.76. The van der Waals surface area contributed by atoms with Crippen molar-refractivity contribution >= 4 is 27.5 Å². The van der Waals surface area contributed by atoms with Gasteiger partial charge in [-0.15, -0.1) is 0 Å².